The van der Waals surface area contributed by atoms with E-state index in [1.807, 2.05) is 9.58 Å². The third-order valence-electron chi connectivity index (χ3n) is 5.71. The Bertz CT molecular complexity index is 839. The minimum absolute atomic E-state index is 0.0141. The van der Waals surface area contributed by atoms with Crippen molar-refractivity contribution in [3.8, 4) is 0 Å². The zero-order valence-electron chi connectivity index (χ0n) is 15.8. The Morgan fingerprint density at radius 3 is 2.15 bits per heavy atom. The molecule has 2 aliphatic rings. The summed E-state index contributed by atoms with van der Waals surface area (Å²) < 4.78 is 2.00. The van der Waals surface area contributed by atoms with E-state index in [-0.39, 0.29) is 29.4 Å². The molecule has 7 heteroatoms. The van der Waals surface area contributed by atoms with E-state index in [9.17, 15) is 4.79 Å². The van der Waals surface area contributed by atoms with Crippen molar-refractivity contribution in [1.82, 2.24) is 19.9 Å². The van der Waals surface area contributed by atoms with Crippen LogP contribution in [0.4, 0.5) is 0 Å². The van der Waals surface area contributed by atoms with Crippen LogP contribution >= 0.6 is 23.2 Å². The molecule has 0 N–H and O–H groups in total. The van der Waals surface area contributed by atoms with Gasteiger partial charge in [-0.1, -0.05) is 49.2 Å². The normalized spacial score (nSPS) is 25.1. The molecule has 2 aromatic rings. The van der Waals surface area contributed by atoms with Crippen LogP contribution in [0.2, 0.25) is 10.0 Å². The van der Waals surface area contributed by atoms with Crippen LogP contribution < -0.4 is 0 Å². The van der Waals surface area contributed by atoms with Gasteiger partial charge in [-0.3, -0.25) is 4.79 Å². The third-order valence-corrected chi connectivity index (χ3v) is 6.14. The van der Waals surface area contributed by atoms with Gasteiger partial charge in [-0.2, -0.15) is 0 Å². The van der Waals surface area contributed by atoms with E-state index in [1.165, 1.54) is 0 Å². The molecule has 0 saturated carbocycles. The van der Waals surface area contributed by atoms with Crippen molar-refractivity contribution in [3.63, 3.8) is 0 Å². The molecule has 2 unspecified atom stereocenters. The molecule has 27 heavy (non-hydrogen) atoms. The maximum atomic E-state index is 13.1. The number of nitrogens with zero attached hydrogens (tertiary/aromatic N) is 4. The molecule has 1 amide bonds. The highest BCUT2D eigenvalue weighted by molar-refractivity contribution is 6.35. The second-order valence-electron chi connectivity index (χ2n) is 8.71. The van der Waals surface area contributed by atoms with Crippen LogP contribution in [0.25, 0.3) is 0 Å². The van der Waals surface area contributed by atoms with E-state index in [2.05, 4.69) is 37.3 Å². The minimum atomic E-state index is -0.0141. The van der Waals surface area contributed by atoms with E-state index in [0.717, 1.165) is 31.4 Å². The number of carbonyl (C=O) groups is 1. The number of hydrogen-bond acceptors (Lipinski definition) is 3. The fourth-order valence-electron chi connectivity index (χ4n) is 4.32. The monoisotopic (exact) mass is 406 g/mol. The van der Waals surface area contributed by atoms with Gasteiger partial charge in [-0.15, -0.1) is 5.10 Å². The van der Waals surface area contributed by atoms with Crippen molar-refractivity contribution in [2.75, 3.05) is 0 Å². The molecule has 2 bridgehead atoms. The third kappa shape index (κ3) is 3.59. The highest BCUT2D eigenvalue weighted by Crippen LogP contribution is 2.41. The van der Waals surface area contributed by atoms with Crippen molar-refractivity contribution in [2.45, 2.75) is 70.0 Å². The maximum absolute atomic E-state index is 13.1. The van der Waals surface area contributed by atoms with E-state index < -0.39 is 0 Å². The van der Waals surface area contributed by atoms with Gasteiger partial charge in [0.1, 0.15) is 0 Å². The van der Waals surface area contributed by atoms with Crippen molar-refractivity contribution in [3.05, 3.63) is 45.7 Å². The first-order valence-corrected chi connectivity index (χ1v) is 10.2. The summed E-state index contributed by atoms with van der Waals surface area (Å²) in [5.74, 6) is 0.0271. The first kappa shape index (κ1) is 18.8. The van der Waals surface area contributed by atoms with Crippen LogP contribution in [0.3, 0.4) is 0 Å². The van der Waals surface area contributed by atoms with Crippen molar-refractivity contribution in [2.24, 2.45) is 0 Å². The summed E-state index contributed by atoms with van der Waals surface area (Å²) in [4.78, 5) is 15.2. The zero-order chi connectivity index (χ0) is 19.3. The summed E-state index contributed by atoms with van der Waals surface area (Å²) in [6.07, 6.45) is 5.94. The van der Waals surface area contributed by atoms with Crippen LogP contribution in [0.15, 0.2) is 24.4 Å². The lowest BCUT2D eigenvalue weighted by Crippen LogP contribution is -2.47. The van der Waals surface area contributed by atoms with E-state index >= 15 is 0 Å². The van der Waals surface area contributed by atoms with Crippen molar-refractivity contribution >= 4 is 29.1 Å². The molecule has 0 spiro atoms. The molecule has 0 aliphatic carbocycles. The molecule has 1 aromatic carbocycles. The summed E-state index contributed by atoms with van der Waals surface area (Å²) in [5.41, 5.74) is 1.56. The summed E-state index contributed by atoms with van der Waals surface area (Å²) in [7, 11) is 0. The highest BCUT2D eigenvalue weighted by Gasteiger charge is 2.44. The summed E-state index contributed by atoms with van der Waals surface area (Å²) >= 11 is 12.2. The van der Waals surface area contributed by atoms with Gasteiger partial charge < -0.3 is 4.90 Å². The van der Waals surface area contributed by atoms with Crippen molar-refractivity contribution in [1.29, 1.82) is 0 Å². The fourth-order valence-corrected chi connectivity index (χ4v) is 4.85. The minimum Gasteiger partial charge on any atom is -0.333 e. The molecule has 4 rings (SSSR count). The molecule has 2 saturated heterocycles. The number of aromatic nitrogens is 3. The first-order chi connectivity index (χ1) is 12.7. The Morgan fingerprint density at radius 2 is 1.63 bits per heavy atom. The van der Waals surface area contributed by atoms with Gasteiger partial charge in [0.15, 0.2) is 0 Å². The lowest BCUT2D eigenvalue weighted by atomic mass is 9.92. The lowest BCUT2D eigenvalue weighted by Gasteiger charge is -2.39. The van der Waals surface area contributed by atoms with Crippen LogP contribution in [0.5, 0.6) is 0 Å². The van der Waals surface area contributed by atoms with Gasteiger partial charge in [0.2, 0.25) is 0 Å². The second kappa shape index (κ2) is 6.78. The van der Waals surface area contributed by atoms with E-state index in [0.29, 0.717) is 15.6 Å². The highest BCUT2D eigenvalue weighted by atomic mass is 35.5. The Labute approximate surface area is 169 Å². The Morgan fingerprint density at radius 1 is 1.04 bits per heavy atom. The van der Waals surface area contributed by atoms with Crippen LogP contribution in [-0.2, 0) is 5.41 Å². The number of piperidine rings is 1. The molecule has 2 aliphatic heterocycles. The first-order valence-electron chi connectivity index (χ1n) is 9.43. The van der Waals surface area contributed by atoms with Crippen LogP contribution in [0.1, 0.15) is 68.5 Å². The lowest BCUT2D eigenvalue weighted by molar-refractivity contribution is 0.0523. The Balaban J connectivity index is 1.54. The standard InChI is InChI=1S/C20H24Cl2N4O/c1-20(2,3)18-11-25(24-23-18)17-9-15-4-5-16(10-17)26(15)19(27)12-6-13(21)8-14(22)7-12/h6-8,11,15-17H,4-5,9-10H2,1-3H3. The summed E-state index contributed by atoms with van der Waals surface area (Å²) in [5, 5.41) is 9.72. The van der Waals surface area contributed by atoms with Crippen LogP contribution in [0, 0.1) is 0 Å². The van der Waals surface area contributed by atoms with E-state index in [4.69, 9.17) is 23.2 Å². The average Bonchev–Trinajstić information content (AvgIpc) is 3.16. The number of carbonyl (C=O) groups excluding carboxylic acids is 1. The SMILES string of the molecule is CC(C)(C)c1cn(C2CC3CCC(C2)N3C(=O)c2cc(Cl)cc(Cl)c2)nn1. The van der Waals surface area contributed by atoms with Gasteiger partial charge in [-0.25, -0.2) is 4.68 Å². The molecule has 144 valence electrons. The zero-order valence-corrected chi connectivity index (χ0v) is 17.3. The Hall–Kier alpha value is -1.59. The number of halogens is 2. The summed E-state index contributed by atoms with van der Waals surface area (Å²) in [6.45, 7) is 6.42. The molecule has 2 atom stereocenters. The predicted octanol–water partition coefficient (Wildman–Crippen LogP) is 4.89. The molecule has 0 radical (unpaired) electrons. The van der Waals surface area contributed by atoms with E-state index in [1.54, 1.807) is 18.2 Å². The quantitative estimate of drug-likeness (QED) is 0.712. The number of rotatable bonds is 2. The molecule has 1 aromatic heterocycles. The second-order valence-corrected chi connectivity index (χ2v) is 9.59. The number of fused-ring (bicyclic) bond motifs is 2. The van der Waals surface area contributed by atoms with Gasteiger partial charge in [0.25, 0.3) is 5.91 Å². The van der Waals surface area contributed by atoms with Gasteiger partial charge in [-0.05, 0) is 43.9 Å². The number of amides is 1. The molecular weight excluding hydrogens is 383 g/mol. The van der Waals surface area contributed by atoms with Gasteiger partial charge >= 0.3 is 0 Å². The molecule has 5 nitrogen and oxygen atoms in total. The topological polar surface area (TPSA) is 51.0 Å². The Kier molecular flexibility index (Phi) is 4.71. The van der Waals surface area contributed by atoms with Gasteiger partial charge in [0.05, 0.1) is 11.7 Å². The smallest absolute Gasteiger partial charge is 0.254 e. The number of benzene rings is 1. The van der Waals surface area contributed by atoms with Crippen molar-refractivity contribution < 1.29 is 4.79 Å². The molecule has 3 heterocycles. The largest absolute Gasteiger partial charge is 0.333 e. The number of hydrogen-bond donors (Lipinski definition) is 0. The molecule has 2 fully saturated rings. The van der Waals surface area contributed by atoms with Crippen LogP contribution in [-0.4, -0.2) is 37.9 Å². The maximum Gasteiger partial charge on any atom is 0.254 e. The fraction of sp³-hybridized carbons (Fsp3) is 0.550. The molecular formula is C20H24Cl2N4O. The van der Waals surface area contributed by atoms with Gasteiger partial charge in [0, 0.05) is 39.3 Å². The summed E-state index contributed by atoms with van der Waals surface area (Å²) in [6, 6.07) is 5.79. The predicted molar refractivity (Wildman–Crippen MR) is 106 cm³/mol. The average molecular weight is 407 g/mol.